The van der Waals surface area contributed by atoms with E-state index in [9.17, 15) is 24.0 Å². The minimum absolute atomic E-state index is 0.0724. The summed E-state index contributed by atoms with van der Waals surface area (Å²) in [6, 6.07) is 15.8. The molecular formula is C34H33BrO12. The Balaban J connectivity index is 1.44. The van der Waals surface area contributed by atoms with E-state index in [1.165, 1.54) is 66.7 Å². The van der Waals surface area contributed by atoms with Crippen LogP contribution in [0.15, 0.2) is 83.9 Å². The summed E-state index contributed by atoms with van der Waals surface area (Å²) in [5, 5.41) is 0. The molecule has 0 N–H and O–H groups in total. The molecule has 13 heteroatoms. The van der Waals surface area contributed by atoms with E-state index in [2.05, 4.69) is 22.5 Å². The quantitative estimate of drug-likeness (QED) is 0.0359. The van der Waals surface area contributed by atoms with Crippen LogP contribution in [-0.2, 0) is 19.0 Å². The molecule has 47 heavy (non-hydrogen) atoms. The molecule has 0 aliphatic rings. The Hall–Kier alpha value is -5.17. The van der Waals surface area contributed by atoms with Crippen molar-refractivity contribution in [3.05, 3.63) is 95.0 Å². The lowest BCUT2D eigenvalue weighted by Crippen LogP contribution is -2.13. The molecule has 3 rings (SSSR count). The molecule has 0 aliphatic carbocycles. The monoisotopic (exact) mass is 712 g/mol. The molecule has 0 amide bonds. The number of ether oxygens (including phenoxy) is 7. The molecule has 0 aromatic heterocycles. The van der Waals surface area contributed by atoms with Crippen LogP contribution >= 0.6 is 15.9 Å². The highest BCUT2D eigenvalue weighted by atomic mass is 79.9. The van der Waals surface area contributed by atoms with Crippen molar-refractivity contribution in [1.29, 1.82) is 0 Å². The first-order valence-electron chi connectivity index (χ1n) is 14.6. The average Bonchev–Trinajstić information content (AvgIpc) is 3.06. The largest absolute Gasteiger partial charge is 0.513 e. The van der Waals surface area contributed by atoms with E-state index in [1.807, 2.05) is 6.92 Å². The highest BCUT2D eigenvalue weighted by molar-refractivity contribution is 9.10. The number of halogens is 1. The van der Waals surface area contributed by atoms with E-state index < -0.39 is 30.2 Å². The zero-order valence-corrected chi connectivity index (χ0v) is 27.2. The molecular weight excluding hydrogens is 680 g/mol. The van der Waals surface area contributed by atoms with Gasteiger partial charge in [0.1, 0.15) is 23.0 Å². The van der Waals surface area contributed by atoms with Crippen molar-refractivity contribution in [1.82, 2.24) is 0 Å². The molecule has 0 heterocycles. The van der Waals surface area contributed by atoms with Crippen LogP contribution in [0.3, 0.4) is 0 Å². The van der Waals surface area contributed by atoms with E-state index in [0.29, 0.717) is 17.3 Å². The van der Waals surface area contributed by atoms with Crippen LogP contribution in [-0.4, -0.2) is 50.0 Å². The maximum Gasteiger partial charge on any atom is 0.513 e. The fraction of sp³-hybridized carbons (Fsp3) is 0.265. The standard InChI is InChI=1S/C34H33BrO12/c1-3-5-6-20-42-33(39)45-25-13-9-23(10-14-25)31(37)44-27-17-18-29(28(35)22-27)47-32(38)24-11-15-26(16-12-24)46-34(40)43-21-8-7-19-41-30(36)4-2/h4,9-18,22H,2-3,5-8,19-21H2,1H3. The van der Waals surface area contributed by atoms with E-state index in [4.69, 9.17) is 33.2 Å². The summed E-state index contributed by atoms with van der Waals surface area (Å²) < 4.78 is 36.2. The van der Waals surface area contributed by atoms with Crippen LogP contribution in [0.4, 0.5) is 9.59 Å². The van der Waals surface area contributed by atoms with Crippen LogP contribution in [0.25, 0.3) is 0 Å². The van der Waals surface area contributed by atoms with E-state index in [-0.39, 0.29) is 53.9 Å². The average molecular weight is 714 g/mol. The van der Waals surface area contributed by atoms with Gasteiger partial charge in [-0.3, -0.25) is 0 Å². The smallest absolute Gasteiger partial charge is 0.463 e. The second-order valence-corrected chi connectivity index (χ2v) is 10.5. The van der Waals surface area contributed by atoms with Crippen LogP contribution in [0.5, 0.6) is 23.0 Å². The van der Waals surface area contributed by atoms with Crippen molar-refractivity contribution < 1.29 is 57.1 Å². The van der Waals surface area contributed by atoms with Crippen LogP contribution in [0.1, 0.15) is 59.7 Å². The Bertz CT molecular complexity index is 1530. The topological polar surface area (TPSA) is 150 Å². The SMILES string of the molecule is C=CC(=O)OCCCCOC(=O)Oc1ccc(C(=O)Oc2ccc(OC(=O)c3ccc(OC(=O)OCCCCC)cc3)cc2Br)cc1. The fourth-order valence-electron chi connectivity index (χ4n) is 3.62. The molecule has 0 fully saturated rings. The van der Waals surface area contributed by atoms with Gasteiger partial charge in [-0.15, -0.1) is 0 Å². The Morgan fingerprint density at radius 2 is 1.09 bits per heavy atom. The first-order chi connectivity index (χ1) is 22.7. The lowest BCUT2D eigenvalue weighted by molar-refractivity contribution is -0.137. The molecule has 3 aromatic carbocycles. The number of carbonyl (C=O) groups excluding carboxylic acids is 5. The summed E-state index contributed by atoms with van der Waals surface area (Å²) in [7, 11) is 0. The maximum atomic E-state index is 12.7. The summed E-state index contributed by atoms with van der Waals surface area (Å²) in [5.41, 5.74) is 0.393. The molecule has 12 nitrogen and oxygen atoms in total. The van der Waals surface area contributed by atoms with Gasteiger partial charge in [0.2, 0.25) is 0 Å². The number of benzene rings is 3. The predicted molar refractivity (Wildman–Crippen MR) is 171 cm³/mol. The molecule has 0 spiro atoms. The summed E-state index contributed by atoms with van der Waals surface area (Å²) >= 11 is 3.31. The lowest BCUT2D eigenvalue weighted by atomic mass is 10.2. The van der Waals surface area contributed by atoms with Gasteiger partial charge in [0, 0.05) is 6.08 Å². The van der Waals surface area contributed by atoms with Gasteiger partial charge >= 0.3 is 30.2 Å². The molecule has 0 radical (unpaired) electrons. The van der Waals surface area contributed by atoms with Gasteiger partial charge in [-0.2, -0.15) is 0 Å². The molecule has 248 valence electrons. The number of hydrogen-bond donors (Lipinski definition) is 0. The molecule has 0 aliphatic heterocycles. The number of unbranched alkanes of at least 4 members (excludes halogenated alkanes) is 3. The zero-order chi connectivity index (χ0) is 34.0. The van der Waals surface area contributed by atoms with Gasteiger partial charge in [0.25, 0.3) is 0 Å². The van der Waals surface area contributed by atoms with Gasteiger partial charge in [-0.1, -0.05) is 26.3 Å². The summed E-state index contributed by atoms with van der Waals surface area (Å²) in [4.78, 5) is 59.9. The van der Waals surface area contributed by atoms with Crippen LogP contribution in [0.2, 0.25) is 0 Å². The van der Waals surface area contributed by atoms with Gasteiger partial charge in [-0.25, -0.2) is 24.0 Å². The highest BCUT2D eigenvalue weighted by Gasteiger charge is 2.16. The third-order valence-electron chi connectivity index (χ3n) is 6.04. The Morgan fingerprint density at radius 3 is 1.57 bits per heavy atom. The predicted octanol–water partition coefficient (Wildman–Crippen LogP) is 7.62. The van der Waals surface area contributed by atoms with Crippen molar-refractivity contribution >= 4 is 46.1 Å². The van der Waals surface area contributed by atoms with Gasteiger partial charge < -0.3 is 33.2 Å². The van der Waals surface area contributed by atoms with Crippen LogP contribution in [0, 0.1) is 0 Å². The summed E-state index contributed by atoms with van der Waals surface area (Å²) in [6.45, 7) is 5.87. The van der Waals surface area contributed by atoms with E-state index in [1.54, 1.807) is 0 Å². The van der Waals surface area contributed by atoms with Crippen molar-refractivity contribution in [2.24, 2.45) is 0 Å². The highest BCUT2D eigenvalue weighted by Crippen LogP contribution is 2.30. The fourth-order valence-corrected chi connectivity index (χ4v) is 4.06. The minimum Gasteiger partial charge on any atom is -0.463 e. The van der Waals surface area contributed by atoms with Crippen molar-refractivity contribution in [3.8, 4) is 23.0 Å². The van der Waals surface area contributed by atoms with Crippen LogP contribution < -0.4 is 18.9 Å². The summed E-state index contributed by atoms with van der Waals surface area (Å²) in [6.07, 6.45) is 3.00. The maximum absolute atomic E-state index is 12.7. The Morgan fingerprint density at radius 1 is 0.617 bits per heavy atom. The van der Waals surface area contributed by atoms with E-state index in [0.717, 1.165) is 25.3 Å². The summed E-state index contributed by atoms with van der Waals surface area (Å²) in [5.74, 6) is -1.14. The van der Waals surface area contributed by atoms with E-state index >= 15 is 0 Å². The first-order valence-corrected chi connectivity index (χ1v) is 15.4. The second-order valence-electron chi connectivity index (χ2n) is 9.61. The van der Waals surface area contributed by atoms with Crippen molar-refractivity contribution in [3.63, 3.8) is 0 Å². The molecule has 0 atom stereocenters. The molecule has 0 saturated heterocycles. The number of esters is 3. The lowest BCUT2D eigenvalue weighted by Gasteiger charge is -2.10. The number of rotatable bonds is 16. The molecule has 0 saturated carbocycles. The minimum atomic E-state index is -0.922. The normalized spacial score (nSPS) is 10.3. The molecule has 3 aromatic rings. The van der Waals surface area contributed by atoms with Crippen molar-refractivity contribution in [2.45, 2.75) is 39.0 Å². The van der Waals surface area contributed by atoms with Gasteiger partial charge in [0.05, 0.1) is 35.4 Å². The first kappa shape index (κ1) is 36.3. The second kappa shape index (κ2) is 19.4. The van der Waals surface area contributed by atoms with Crippen molar-refractivity contribution in [2.75, 3.05) is 19.8 Å². The Kier molecular flexibility index (Phi) is 15.0. The molecule has 0 unspecified atom stereocenters. The zero-order valence-electron chi connectivity index (χ0n) is 25.6. The van der Waals surface area contributed by atoms with Gasteiger partial charge in [0.15, 0.2) is 0 Å². The third kappa shape index (κ3) is 13.0. The Labute approximate surface area is 279 Å². The number of hydrogen-bond acceptors (Lipinski definition) is 12. The molecule has 0 bridgehead atoms. The third-order valence-corrected chi connectivity index (χ3v) is 6.66. The number of carbonyl (C=O) groups is 5. The van der Waals surface area contributed by atoms with Gasteiger partial charge in [-0.05, 0) is 102 Å².